The van der Waals surface area contributed by atoms with Crippen molar-refractivity contribution in [3.05, 3.63) is 83.1 Å². The quantitative estimate of drug-likeness (QED) is 0.345. The standard InChI is InChI=1S/C28H34N2O4/c1-21-8-10-23(11-9-21)14-17-26-30-24(20-33-26)19-32-25-15-12-22(13-16-25)7-5-6-18-29-27(31)34-28(2,3)4/h8-17,20H,5-7,18-19H2,1-4H3,(H,29,31)/b17-14+. The third-order valence-corrected chi connectivity index (χ3v) is 4.94. The summed E-state index contributed by atoms with van der Waals surface area (Å²) in [5, 5.41) is 2.79. The van der Waals surface area contributed by atoms with Gasteiger partial charge in [0.15, 0.2) is 0 Å². The number of ether oxygens (including phenoxy) is 2. The number of alkyl carbamates (subject to hydrolysis) is 1. The largest absolute Gasteiger partial charge is 0.487 e. The van der Waals surface area contributed by atoms with Gasteiger partial charge >= 0.3 is 6.09 Å². The van der Waals surface area contributed by atoms with Crippen LogP contribution in [0.4, 0.5) is 4.79 Å². The van der Waals surface area contributed by atoms with Crippen LogP contribution in [-0.4, -0.2) is 23.2 Å². The molecule has 3 rings (SSSR count). The van der Waals surface area contributed by atoms with Crippen molar-refractivity contribution in [3.63, 3.8) is 0 Å². The molecule has 0 spiro atoms. The Balaban J connectivity index is 1.36. The molecule has 0 aliphatic heterocycles. The van der Waals surface area contributed by atoms with Crippen LogP contribution in [0.3, 0.4) is 0 Å². The lowest BCUT2D eigenvalue weighted by atomic mass is 10.1. The third-order valence-electron chi connectivity index (χ3n) is 4.94. The Hall–Kier alpha value is -3.54. The molecule has 0 atom stereocenters. The zero-order valence-corrected chi connectivity index (χ0v) is 20.5. The summed E-state index contributed by atoms with van der Waals surface area (Å²) >= 11 is 0. The zero-order valence-electron chi connectivity index (χ0n) is 20.5. The van der Waals surface area contributed by atoms with E-state index in [1.807, 2.05) is 45.1 Å². The number of nitrogens with zero attached hydrogens (tertiary/aromatic N) is 1. The number of hydrogen-bond donors (Lipinski definition) is 1. The Labute approximate surface area is 202 Å². The molecule has 1 amide bonds. The molecule has 6 heteroatoms. The van der Waals surface area contributed by atoms with Crippen molar-refractivity contribution in [1.82, 2.24) is 10.3 Å². The van der Waals surface area contributed by atoms with E-state index >= 15 is 0 Å². The highest BCUT2D eigenvalue weighted by molar-refractivity contribution is 5.67. The molecule has 1 N–H and O–H groups in total. The van der Waals surface area contributed by atoms with Crippen molar-refractivity contribution in [2.75, 3.05) is 6.54 Å². The summed E-state index contributed by atoms with van der Waals surface area (Å²) in [4.78, 5) is 16.1. The number of aryl methyl sites for hydroxylation is 2. The van der Waals surface area contributed by atoms with E-state index in [4.69, 9.17) is 13.9 Å². The van der Waals surface area contributed by atoms with E-state index in [1.54, 1.807) is 6.26 Å². The molecule has 0 unspecified atom stereocenters. The molecule has 2 aromatic carbocycles. The molecule has 0 saturated carbocycles. The van der Waals surface area contributed by atoms with Crippen LogP contribution in [0, 0.1) is 6.92 Å². The van der Waals surface area contributed by atoms with Gasteiger partial charge in [0.1, 0.15) is 29.9 Å². The predicted molar refractivity (Wildman–Crippen MR) is 135 cm³/mol. The number of benzene rings is 2. The summed E-state index contributed by atoms with van der Waals surface area (Å²) < 4.78 is 16.6. The van der Waals surface area contributed by atoms with Crippen LogP contribution in [-0.2, 0) is 17.8 Å². The highest BCUT2D eigenvalue weighted by Crippen LogP contribution is 2.16. The van der Waals surface area contributed by atoms with Gasteiger partial charge in [0.05, 0.1) is 0 Å². The summed E-state index contributed by atoms with van der Waals surface area (Å²) in [7, 11) is 0. The summed E-state index contributed by atoms with van der Waals surface area (Å²) in [5.74, 6) is 1.34. The van der Waals surface area contributed by atoms with Gasteiger partial charge in [-0.3, -0.25) is 0 Å². The second-order valence-electron chi connectivity index (χ2n) is 9.24. The molecule has 0 saturated heterocycles. The number of unbranched alkanes of at least 4 members (excludes halogenated alkanes) is 1. The van der Waals surface area contributed by atoms with Crippen molar-refractivity contribution < 1.29 is 18.7 Å². The number of carbonyl (C=O) groups excluding carboxylic acids is 1. The number of carbonyl (C=O) groups is 1. The Morgan fingerprint density at radius 3 is 2.47 bits per heavy atom. The Morgan fingerprint density at radius 1 is 1.03 bits per heavy atom. The smallest absolute Gasteiger partial charge is 0.407 e. The molecule has 34 heavy (non-hydrogen) atoms. The first kappa shape index (κ1) is 25.1. The fourth-order valence-electron chi connectivity index (χ4n) is 3.18. The molecular formula is C28H34N2O4. The maximum Gasteiger partial charge on any atom is 0.407 e. The molecule has 1 aromatic heterocycles. The second kappa shape index (κ2) is 12.1. The summed E-state index contributed by atoms with van der Waals surface area (Å²) in [5.41, 5.74) is 3.83. The maximum absolute atomic E-state index is 11.6. The van der Waals surface area contributed by atoms with Gasteiger partial charge in [0, 0.05) is 12.6 Å². The van der Waals surface area contributed by atoms with Gasteiger partial charge in [-0.25, -0.2) is 9.78 Å². The lowest BCUT2D eigenvalue weighted by Gasteiger charge is -2.19. The summed E-state index contributed by atoms with van der Waals surface area (Å²) in [6.07, 6.45) is 7.90. The van der Waals surface area contributed by atoms with E-state index in [0.717, 1.165) is 36.3 Å². The average molecular weight is 463 g/mol. The molecule has 180 valence electrons. The van der Waals surface area contributed by atoms with Crippen LogP contribution in [0.1, 0.15) is 61.9 Å². The molecule has 0 fully saturated rings. The number of aromatic nitrogens is 1. The minimum absolute atomic E-state index is 0.345. The van der Waals surface area contributed by atoms with E-state index in [0.29, 0.717) is 19.0 Å². The van der Waals surface area contributed by atoms with Crippen LogP contribution in [0.25, 0.3) is 12.2 Å². The first-order valence-corrected chi connectivity index (χ1v) is 11.6. The van der Waals surface area contributed by atoms with E-state index in [1.165, 1.54) is 11.1 Å². The van der Waals surface area contributed by atoms with Crippen molar-refractivity contribution >= 4 is 18.2 Å². The minimum Gasteiger partial charge on any atom is -0.487 e. The van der Waals surface area contributed by atoms with Crippen LogP contribution in [0.5, 0.6) is 5.75 Å². The van der Waals surface area contributed by atoms with Gasteiger partial charge < -0.3 is 19.2 Å². The van der Waals surface area contributed by atoms with Crippen LogP contribution >= 0.6 is 0 Å². The summed E-state index contributed by atoms with van der Waals surface area (Å²) in [6.45, 7) is 8.58. The third kappa shape index (κ3) is 9.14. The fraction of sp³-hybridized carbons (Fsp3) is 0.357. The first-order chi connectivity index (χ1) is 16.3. The van der Waals surface area contributed by atoms with Crippen molar-refractivity contribution in [1.29, 1.82) is 0 Å². The zero-order chi connectivity index (χ0) is 24.4. The van der Waals surface area contributed by atoms with Crippen LogP contribution in [0.2, 0.25) is 0 Å². The van der Waals surface area contributed by atoms with Crippen molar-refractivity contribution in [2.24, 2.45) is 0 Å². The van der Waals surface area contributed by atoms with Crippen molar-refractivity contribution in [2.45, 2.75) is 59.2 Å². The second-order valence-corrected chi connectivity index (χ2v) is 9.24. The lowest BCUT2D eigenvalue weighted by Crippen LogP contribution is -2.33. The highest BCUT2D eigenvalue weighted by atomic mass is 16.6. The van der Waals surface area contributed by atoms with E-state index in [9.17, 15) is 4.79 Å². The number of rotatable bonds is 10. The number of hydrogen-bond acceptors (Lipinski definition) is 5. The molecule has 1 heterocycles. The van der Waals surface area contributed by atoms with Crippen molar-refractivity contribution in [3.8, 4) is 5.75 Å². The predicted octanol–water partition coefficient (Wildman–Crippen LogP) is 6.58. The van der Waals surface area contributed by atoms with E-state index < -0.39 is 5.60 Å². The first-order valence-electron chi connectivity index (χ1n) is 11.6. The molecule has 0 aliphatic carbocycles. The SMILES string of the molecule is Cc1ccc(/C=C/c2nc(COc3ccc(CCCCNC(=O)OC(C)(C)C)cc3)co2)cc1. The van der Waals surface area contributed by atoms with Gasteiger partial charge in [-0.15, -0.1) is 0 Å². The number of nitrogens with one attached hydrogen (secondary N) is 1. The van der Waals surface area contributed by atoms with Gasteiger partial charge in [0.25, 0.3) is 0 Å². The van der Waals surface area contributed by atoms with E-state index in [2.05, 4.69) is 53.6 Å². The highest BCUT2D eigenvalue weighted by Gasteiger charge is 2.15. The molecule has 6 nitrogen and oxygen atoms in total. The van der Waals surface area contributed by atoms with Crippen LogP contribution in [0.15, 0.2) is 59.2 Å². The average Bonchev–Trinajstić information content (AvgIpc) is 3.24. The van der Waals surface area contributed by atoms with Gasteiger partial charge in [-0.05, 0) is 76.3 Å². The topological polar surface area (TPSA) is 73.6 Å². The Morgan fingerprint density at radius 2 is 1.76 bits per heavy atom. The molecular weight excluding hydrogens is 428 g/mol. The molecule has 0 aliphatic rings. The lowest BCUT2D eigenvalue weighted by molar-refractivity contribution is 0.0527. The van der Waals surface area contributed by atoms with Gasteiger partial charge in [-0.1, -0.05) is 42.0 Å². The minimum atomic E-state index is -0.470. The number of amides is 1. The fourth-order valence-corrected chi connectivity index (χ4v) is 3.18. The van der Waals surface area contributed by atoms with Gasteiger partial charge in [0.2, 0.25) is 5.89 Å². The number of oxazole rings is 1. The normalized spacial score (nSPS) is 11.5. The van der Waals surface area contributed by atoms with Gasteiger partial charge in [-0.2, -0.15) is 0 Å². The van der Waals surface area contributed by atoms with E-state index in [-0.39, 0.29) is 6.09 Å². The molecule has 0 radical (unpaired) electrons. The Bertz CT molecular complexity index is 1060. The monoisotopic (exact) mass is 462 g/mol. The Kier molecular flexibility index (Phi) is 8.91. The summed E-state index contributed by atoms with van der Waals surface area (Å²) in [6, 6.07) is 16.3. The maximum atomic E-state index is 11.6. The van der Waals surface area contributed by atoms with Crippen LogP contribution < -0.4 is 10.1 Å². The molecule has 0 bridgehead atoms. The molecule has 3 aromatic rings.